The van der Waals surface area contributed by atoms with Gasteiger partial charge in [0.05, 0.1) is 5.69 Å². The number of likely N-dealkylation sites (tertiary alicyclic amines) is 1. The number of benzene rings is 1. The summed E-state index contributed by atoms with van der Waals surface area (Å²) < 4.78 is 31.8. The van der Waals surface area contributed by atoms with E-state index in [0.717, 1.165) is 49.6 Å². The summed E-state index contributed by atoms with van der Waals surface area (Å²) in [5.74, 6) is -0.0791. The first-order valence-corrected chi connectivity index (χ1v) is 8.30. The Hall–Kier alpha value is -2.54. The van der Waals surface area contributed by atoms with Crippen molar-refractivity contribution in [3.05, 3.63) is 60.0 Å². The summed E-state index contributed by atoms with van der Waals surface area (Å²) in [5, 5.41) is 0. The van der Waals surface area contributed by atoms with E-state index in [4.69, 9.17) is 4.42 Å². The van der Waals surface area contributed by atoms with E-state index in [1.54, 1.807) is 12.5 Å². The molecule has 25 heavy (non-hydrogen) atoms. The SMILES string of the molecule is Fc1ccc(-c2nc(CN3CCC[C@H](c4ncc[nH]4)C3)co2)cc1F. The maximum absolute atomic E-state index is 13.4. The van der Waals surface area contributed by atoms with Crippen molar-refractivity contribution in [3.63, 3.8) is 0 Å². The minimum atomic E-state index is -0.908. The molecule has 1 atom stereocenters. The normalized spacial score (nSPS) is 18.6. The number of halogens is 2. The second-order valence-corrected chi connectivity index (χ2v) is 6.32. The molecule has 0 amide bonds. The quantitative estimate of drug-likeness (QED) is 0.784. The number of nitrogens with zero attached hydrogens (tertiary/aromatic N) is 3. The molecule has 1 aliphatic rings. The summed E-state index contributed by atoms with van der Waals surface area (Å²) >= 11 is 0. The molecule has 0 bridgehead atoms. The standard InChI is InChI=1S/C18H18F2N4O/c19-15-4-3-12(8-16(15)20)18-23-14(11-25-18)10-24-7-1-2-13(9-24)17-21-5-6-22-17/h3-6,8,11,13H,1-2,7,9-10H2,(H,21,22)/t13-/m0/s1. The van der Waals surface area contributed by atoms with Crippen molar-refractivity contribution in [3.8, 4) is 11.5 Å². The number of imidazole rings is 1. The second-order valence-electron chi connectivity index (χ2n) is 6.32. The Morgan fingerprint density at radius 1 is 1.28 bits per heavy atom. The molecule has 0 aliphatic carbocycles. The van der Waals surface area contributed by atoms with Crippen molar-refractivity contribution < 1.29 is 13.2 Å². The van der Waals surface area contributed by atoms with Crippen LogP contribution in [0.2, 0.25) is 0 Å². The maximum atomic E-state index is 13.4. The summed E-state index contributed by atoms with van der Waals surface area (Å²) in [6.45, 7) is 2.55. The third-order valence-electron chi connectivity index (χ3n) is 4.52. The van der Waals surface area contributed by atoms with Crippen LogP contribution >= 0.6 is 0 Å². The number of piperidine rings is 1. The number of aromatic amines is 1. The highest BCUT2D eigenvalue weighted by molar-refractivity contribution is 5.53. The molecule has 0 radical (unpaired) electrons. The second kappa shape index (κ2) is 6.76. The van der Waals surface area contributed by atoms with Crippen LogP contribution in [0.15, 0.2) is 41.3 Å². The molecule has 0 unspecified atom stereocenters. The Labute approximate surface area is 143 Å². The number of H-pyrrole nitrogens is 1. The molecule has 1 aliphatic heterocycles. The van der Waals surface area contributed by atoms with E-state index in [0.29, 0.717) is 23.9 Å². The fraction of sp³-hybridized carbons (Fsp3) is 0.333. The minimum Gasteiger partial charge on any atom is -0.444 e. The lowest BCUT2D eigenvalue weighted by molar-refractivity contribution is 0.195. The zero-order valence-corrected chi connectivity index (χ0v) is 13.6. The van der Waals surface area contributed by atoms with E-state index in [1.165, 1.54) is 6.07 Å². The number of hydrogen-bond acceptors (Lipinski definition) is 4. The molecule has 1 N–H and O–H groups in total. The molecule has 3 aromatic rings. The van der Waals surface area contributed by atoms with Crippen molar-refractivity contribution in [1.29, 1.82) is 0 Å². The van der Waals surface area contributed by atoms with Crippen molar-refractivity contribution >= 4 is 0 Å². The maximum Gasteiger partial charge on any atom is 0.226 e. The van der Waals surface area contributed by atoms with Gasteiger partial charge in [-0.25, -0.2) is 18.7 Å². The first kappa shape index (κ1) is 16.0. The summed E-state index contributed by atoms with van der Waals surface area (Å²) in [6.07, 6.45) is 7.41. The van der Waals surface area contributed by atoms with Crippen molar-refractivity contribution in [2.24, 2.45) is 0 Å². The Balaban J connectivity index is 1.44. The molecule has 3 heterocycles. The van der Waals surface area contributed by atoms with Crippen LogP contribution in [-0.4, -0.2) is 32.9 Å². The van der Waals surface area contributed by atoms with E-state index in [9.17, 15) is 8.78 Å². The summed E-state index contributed by atoms with van der Waals surface area (Å²) in [7, 11) is 0. The average molecular weight is 344 g/mol. The Morgan fingerprint density at radius 2 is 2.20 bits per heavy atom. The zero-order valence-electron chi connectivity index (χ0n) is 13.6. The molecule has 1 saturated heterocycles. The molecular formula is C18H18F2N4O. The fourth-order valence-electron chi connectivity index (χ4n) is 3.29. The lowest BCUT2D eigenvalue weighted by Gasteiger charge is -2.31. The molecule has 130 valence electrons. The Morgan fingerprint density at radius 3 is 3.00 bits per heavy atom. The van der Waals surface area contributed by atoms with Crippen LogP contribution in [-0.2, 0) is 6.54 Å². The monoisotopic (exact) mass is 344 g/mol. The van der Waals surface area contributed by atoms with Gasteiger partial charge >= 0.3 is 0 Å². The highest BCUT2D eigenvalue weighted by atomic mass is 19.2. The fourth-order valence-corrected chi connectivity index (χ4v) is 3.29. The first-order valence-electron chi connectivity index (χ1n) is 8.30. The van der Waals surface area contributed by atoms with Gasteiger partial charge in [-0.3, -0.25) is 4.90 Å². The number of aromatic nitrogens is 3. The molecule has 7 heteroatoms. The summed E-state index contributed by atoms with van der Waals surface area (Å²) in [5.41, 5.74) is 1.21. The van der Waals surface area contributed by atoms with E-state index < -0.39 is 11.6 Å². The van der Waals surface area contributed by atoms with Gasteiger partial charge < -0.3 is 9.40 Å². The van der Waals surface area contributed by atoms with Crippen LogP contribution in [0, 0.1) is 11.6 Å². The predicted octanol–water partition coefficient (Wildman–Crippen LogP) is 3.72. The van der Waals surface area contributed by atoms with E-state index >= 15 is 0 Å². The largest absolute Gasteiger partial charge is 0.444 e. The zero-order chi connectivity index (χ0) is 17.2. The van der Waals surface area contributed by atoms with E-state index in [1.807, 2.05) is 6.20 Å². The van der Waals surface area contributed by atoms with E-state index in [-0.39, 0.29) is 0 Å². The molecule has 5 nitrogen and oxygen atoms in total. The Kier molecular flexibility index (Phi) is 4.31. The Bertz CT molecular complexity index is 847. The summed E-state index contributed by atoms with van der Waals surface area (Å²) in [4.78, 5) is 14.3. The first-order chi connectivity index (χ1) is 12.2. The molecule has 4 rings (SSSR count). The number of nitrogens with one attached hydrogen (secondary N) is 1. The topological polar surface area (TPSA) is 58.0 Å². The minimum absolute atomic E-state index is 0.300. The average Bonchev–Trinajstić information content (AvgIpc) is 3.29. The van der Waals surface area contributed by atoms with Crippen LogP contribution in [0.4, 0.5) is 8.78 Å². The molecular weight excluding hydrogens is 326 g/mol. The molecule has 1 aromatic carbocycles. The number of hydrogen-bond donors (Lipinski definition) is 1. The highest BCUT2D eigenvalue weighted by Gasteiger charge is 2.23. The third-order valence-corrected chi connectivity index (χ3v) is 4.52. The third kappa shape index (κ3) is 3.46. The van der Waals surface area contributed by atoms with Crippen LogP contribution in [0.5, 0.6) is 0 Å². The van der Waals surface area contributed by atoms with Gasteiger partial charge in [-0.05, 0) is 37.6 Å². The molecule has 2 aromatic heterocycles. The van der Waals surface area contributed by atoms with Gasteiger partial charge in [0.1, 0.15) is 12.1 Å². The van der Waals surface area contributed by atoms with Gasteiger partial charge in [-0.1, -0.05) is 0 Å². The number of oxazole rings is 1. The van der Waals surface area contributed by atoms with Crippen molar-refractivity contribution in [2.45, 2.75) is 25.3 Å². The van der Waals surface area contributed by atoms with Gasteiger partial charge in [0, 0.05) is 37.0 Å². The van der Waals surface area contributed by atoms with Crippen LogP contribution in [0.3, 0.4) is 0 Å². The van der Waals surface area contributed by atoms with Gasteiger partial charge in [0.15, 0.2) is 11.6 Å². The van der Waals surface area contributed by atoms with Gasteiger partial charge in [-0.2, -0.15) is 0 Å². The van der Waals surface area contributed by atoms with E-state index in [2.05, 4.69) is 19.9 Å². The molecule has 0 saturated carbocycles. The van der Waals surface area contributed by atoms with Crippen molar-refractivity contribution in [1.82, 2.24) is 19.9 Å². The van der Waals surface area contributed by atoms with Crippen molar-refractivity contribution in [2.75, 3.05) is 13.1 Å². The van der Waals surface area contributed by atoms with Crippen LogP contribution in [0.1, 0.15) is 30.3 Å². The number of rotatable bonds is 4. The predicted molar refractivity (Wildman–Crippen MR) is 87.7 cm³/mol. The van der Waals surface area contributed by atoms with Gasteiger partial charge in [0.25, 0.3) is 0 Å². The van der Waals surface area contributed by atoms with Crippen LogP contribution < -0.4 is 0 Å². The van der Waals surface area contributed by atoms with Gasteiger partial charge in [0.2, 0.25) is 5.89 Å². The smallest absolute Gasteiger partial charge is 0.226 e. The lowest BCUT2D eigenvalue weighted by Crippen LogP contribution is -2.34. The van der Waals surface area contributed by atoms with Gasteiger partial charge in [-0.15, -0.1) is 0 Å². The molecule has 1 fully saturated rings. The lowest BCUT2D eigenvalue weighted by atomic mass is 9.97. The summed E-state index contributed by atoms with van der Waals surface area (Å²) in [6, 6.07) is 3.63. The highest BCUT2D eigenvalue weighted by Crippen LogP contribution is 2.26. The van der Waals surface area contributed by atoms with Crippen LogP contribution in [0.25, 0.3) is 11.5 Å². The molecule has 0 spiro atoms.